The average molecular weight is 748 g/mol. The van der Waals surface area contributed by atoms with Crippen LogP contribution in [0.2, 0.25) is 0 Å². The minimum atomic E-state index is -4.36. The van der Waals surface area contributed by atoms with E-state index >= 15 is 0 Å². The molecule has 0 aromatic carbocycles. The predicted molar refractivity (Wildman–Crippen MR) is 225 cm³/mol. The molecule has 0 bridgehead atoms. The summed E-state index contributed by atoms with van der Waals surface area (Å²) in [7, 11) is -4.36. The first-order valence-electron chi connectivity index (χ1n) is 21.5. The molecule has 0 heterocycles. The van der Waals surface area contributed by atoms with Crippen LogP contribution in [0.15, 0.2) is 60.8 Å². The van der Waals surface area contributed by atoms with Crippen LogP contribution < -0.4 is 5.32 Å². The number of allylic oxidation sites excluding steroid dienone is 9. The zero-order chi connectivity index (χ0) is 38.2. The fourth-order valence-electron chi connectivity index (χ4n) is 6.18. The van der Waals surface area contributed by atoms with Crippen LogP contribution in [0.5, 0.6) is 0 Å². The van der Waals surface area contributed by atoms with Gasteiger partial charge in [-0.15, -0.1) is 0 Å². The first-order chi connectivity index (χ1) is 25.3. The van der Waals surface area contributed by atoms with Gasteiger partial charge in [0.25, 0.3) is 10.1 Å². The number of unbranched alkanes of at least 4 members (excludes halogenated alkanes) is 22. The van der Waals surface area contributed by atoms with Gasteiger partial charge >= 0.3 is 0 Å². The normalized spacial score (nSPS) is 13.8. The summed E-state index contributed by atoms with van der Waals surface area (Å²) in [6.45, 7) is 4.50. The first kappa shape index (κ1) is 50.0. The second-order valence-electron chi connectivity index (χ2n) is 14.6. The molecule has 0 saturated heterocycles. The van der Waals surface area contributed by atoms with Crippen molar-refractivity contribution in [2.75, 3.05) is 5.75 Å². The van der Waals surface area contributed by atoms with Gasteiger partial charge in [0.2, 0.25) is 5.91 Å². The number of rotatable bonds is 38. The maximum absolute atomic E-state index is 12.5. The zero-order valence-electron chi connectivity index (χ0n) is 33.7. The average Bonchev–Trinajstić information content (AvgIpc) is 3.11. The van der Waals surface area contributed by atoms with Crippen LogP contribution in [0.4, 0.5) is 0 Å². The first-order valence-corrected chi connectivity index (χ1v) is 23.1. The molecule has 0 saturated carbocycles. The van der Waals surface area contributed by atoms with Gasteiger partial charge < -0.3 is 10.4 Å². The van der Waals surface area contributed by atoms with Crippen molar-refractivity contribution in [2.24, 2.45) is 0 Å². The second kappa shape index (κ2) is 38.8. The summed E-state index contributed by atoms with van der Waals surface area (Å²) in [6.07, 6.45) is 53.5. The van der Waals surface area contributed by atoms with Crippen molar-refractivity contribution in [3.05, 3.63) is 60.8 Å². The van der Waals surface area contributed by atoms with Gasteiger partial charge in [0.15, 0.2) is 0 Å². The molecular formula is C45H81NO5S. The largest absolute Gasteiger partial charge is 0.387 e. The fraction of sp³-hybridized carbons (Fsp3) is 0.756. The van der Waals surface area contributed by atoms with Gasteiger partial charge in [-0.25, -0.2) is 0 Å². The molecule has 0 fully saturated rings. The topological polar surface area (TPSA) is 104 Å². The molecule has 6 nitrogen and oxygen atoms in total. The molecule has 0 aliphatic rings. The highest BCUT2D eigenvalue weighted by atomic mass is 32.2. The summed E-state index contributed by atoms with van der Waals surface area (Å²) < 4.78 is 32.5. The van der Waals surface area contributed by atoms with Crippen LogP contribution in [-0.4, -0.2) is 41.9 Å². The maximum atomic E-state index is 12.5. The van der Waals surface area contributed by atoms with Gasteiger partial charge in [-0.05, 0) is 70.6 Å². The van der Waals surface area contributed by atoms with E-state index in [0.29, 0.717) is 12.8 Å². The number of hydrogen-bond acceptors (Lipinski definition) is 4. The minimum absolute atomic E-state index is 0.271. The lowest BCUT2D eigenvalue weighted by Crippen LogP contribution is -2.46. The fourth-order valence-corrected chi connectivity index (χ4v) is 6.91. The smallest absolute Gasteiger partial charge is 0.267 e. The van der Waals surface area contributed by atoms with E-state index in [1.54, 1.807) is 0 Å². The van der Waals surface area contributed by atoms with Crippen molar-refractivity contribution >= 4 is 16.0 Å². The van der Waals surface area contributed by atoms with Crippen molar-refractivity contribution in [3.63, 3.8) is 0 Å². The molecule has 0 aromatic heterocycles. The molecule has 0 radical (unpaired) electrons. The monoisotopic (exact) mass is 748 g/mol. The van der Waals surface area contributed by atoms with E-state index in [1.165, 1.54) is 122 Å². The summed E-state index contributed by atoms with van der Waals surface area (Å²) in [6, 6.07) is -1.08. The molecule has 52 heavy (non-hydrogen) atoms. The molecular weight excluding hydrogens is 667 g/mol. The van der Waals surface area contributed by atoms with Crippen molar-refractivity contribution < 1.29 is 22.9 Å². The van der Waals surface area contributed by atoms with Crippen LogP contribution in [0.1, 0.15) is 200 Å². The van der Waals surface area contributed by atoms with Crippen molar-refractivity contribution in [1.82, 2.24) is 5.32 Å². The van der Waals surface area contributed by atoms with E-state index < -0.39 is 28.0 Å². The third-order valence-corrected chi connectivity index (χ3v) is 10.2. The summed E-state index contributed by atoms with van der Waals surface area (Å²) in [5.74, 6) is -1.02. The van der Waals surface area contributed by atoms with Gasteiger partial charge in [0.1, 0.15) is 0 Å². The van der Waals surface area contributed by atoms with Gasteiger partial charge in [0, 0.05) is 6.42 Å². The highest BCUT2D eigenvalue weighted by molar-refractivity contribution is 7.85. The van der Waals surface area contributed by atoms with E-state index in [-0.39, 0.29) is 12.3 Å². The number of carbonyl (C=O) groups excluding carboxylic acids is 1. The van der Waals surface area contributed by atoms with Crippen LogP contribution in [0, 0.1) is 0 Å². The van der Waals surface area contributed by atoms with Crippen molar-refractivity contribution in [2.45, 2.75) is 212 Å². The van der Waals surface area contributed by atoms with Gasteiger partial charge in [0.05, 0.1) is 17.9 Å². The predicted octanol–water partition coefficient (Wildman–Crippen LogP) is 12.9. The number of amides is 1. The summed E-state index contributed by atoms with van der Waals surface area (Å²) in [5, 5.41) is 13.2. The molecule has 2 unspecified atom stereocenters. The zero-order valence-corrected chi connectivity index (χ0v) is 34.5. The number of hydrogen-bond donors (Lipinski definition) is 3. The maximum Gasteiger partial charge on any atom is 0.267 e. The summed E-state index contributed by atoms with van der Waals surface area (Å²) >= 11 is 0. The molecule has 1 amide bonds. The van der Waals surface area contributed by atoms with E-state index in [4.69, 9.17) is 0 Å². The van der Waals surface area contributed by atoms with E-state index in [1.807, 2.05) is 6.08 Å². The Morgan fingerprint density at radius 2 is 0.885 bits per heavy atom. The van der Waals surface area contributed by atoms with E-state index in [9.17, 15) is 22.9 Å². The van der Waals surface area contributed by atoms with Crippen LogP contribution in [-0.2, 0) is 14.9 Å². The number of nitrogens with one attached hydrogen (secondary N) is 1. The van der Waals surface area contributed by atoms with Gasteiger partial charge in [-0.2, -0.15) is 8.42 Å². The quantitative estimate of drug-likeness (QED) is 0.0331. The molecule has 7 heteroatoms. The van der Waals surface area contributed by atoms with Crippen LogP contribution in [0.3, 0.4) is 0 Å². The number of aliphatic hydroxyl groups excluding tert-OH is 1. The molecule has 0 spiro atoms. The van der Waals surface area contributed by atoms with Crippen LogP contribution in [0.25, 0.3) is 0 Å². The van der Waals surface area contributed by atoms with Gasteiger partial charge in [-0.1, -0.05) is 184 Å². The highest BCUT2D eigenvalue weighted by Gasteiger charge is 2.24. The minimum Gasteiger partial charge on any atom is -0.387 e. The molecule has 0 aliphatic carbocycles. The second-order valence-corrected chi connectivity index (χ2v) is 16.1. The van der Waals surface area contributed by atoms with E-state index in [2.05, 4.69) is 67.8 Å². The van der Waals surface area contributed by atoms with Crippen molar-refractivity contribution in [3.8, 4) is 0 Å². The Hall–Kier alpha value is -1.96. The number of carbonyl (C=O) groups is 1. The lowest BCUT2D eigenvalue weighted by Gasteiger charge is -2.21. The van der Waals surface area contributed by atoms with Crippen LogP contribution >= 0.6 is 0 Å². The standard InChI is InChI=1S/C45H81NO5S/c1-3-5-7-9-11-13-15-17-19-21-23-25-27-29-31-33-35-37-39-41-45(48)46-43(42-52(49,50)51)44(47)40-38-36-34-32-30-28-26-24-22-20-18-16-14-12-10-8-6-4-2/h11,13,17,19,23,25,30,32,38,40,43-44,47H,3-10,12,14-16,18,20-22,24,26-29,31,33-37,39,41-42H2,1-2H3,(H,46,48)(H,49,50,51)/b13-11-,19-17-,25-23-,32-30+,40-38+. The highest BCUT2D eigenvalue weighted by Crippen LogP contribution is 2.13. The lowest BCUT2D eigenvalue weighted by atomic mass is 10.0. The Kier molecular flexibility index (Phi) is 37.3. The van der Waals surface area contributed by atoms with E-state index in [0.717, 1.165) is 51.4 Å². The Morgan fingerprint density at radius 3 is 1.38 bits per heavy atom. The third-order valence-electron chi connectivity index (χ3n) is 9.42. The third kappa shape index (κ3) is 39.3. The Morgan fingerprint density at radius 1 is 0.519 bits per heavy atom. The Balaban J connectivity index is 3.99. The van der Waals surface area contributed by atoms with Gasteiger partial charge in [-0.3, -0.25) is 9.35 Å². The molecule has 0 aromatic rings. The Labute approximate surface area is 321 Å². The lowest BCUT2D eigenvalue weighted by molar-refractivity contribution is -0.122. The molecule has 0 aliphatic heterocycles. The molecule has 302 valence electrons. The molecule has 3 N–H and O–H groups in total. The number of aliphatic hydroxyl groups is 1. The molecule has 2 atom stereocenters. The SMILES string of the molecule is CCCCC/C=C\C/C=C\C/C=C\CCCCCCCCC(=O)NC(CS(=O)(=O)O)C(O)/C=C/CC/C=C/CCCCCCCCCCCCCC. The summed E-state index contributed by atoms with van der Waals surface area (Å²) in [4.78, 5) is 12.5. The Bertz CT molecular complexity index is 1050. The molecule has 0 rings (SSSR count). The summed E-state index contributed by atoms with van der Waals surface area (Å²) in [5.41, 5.74) is 0. The van der Waals surface area contributed by atoms with Crippen molar-refractivity contribution in [1.29, 1.82) is 0 Å².